The lowest BCUT2D eigenvalue weighted by Gasteiger charge is -2.33. The summed E-state index contributed by atoms with van der Waals surface area (Å²) in [4.78, 5) is 17.4. The number of rotatable bonds is 6. The van der Waals surface area contributed by atoms with Crippen LogP contribution in [0.3, 0.4) is 0 Å². The number of fused-ring (bicyclic) bond motifs is 1. The molecule has 0 aliphatic rings. The highest BCUT2D eigenvalue weighted by molar-refractivity contribution is 5.82. The smallest absolute Gasteiger partial charge is 0.312 e. The Morgan fingerprint density at radius 1 is 1.31 bits per heavy atom. The van der Waals surface area contributed by atoms with Gasteiger partial charge < -0.3 is 9.84 Å². The zero-order valence-corrected chi connectivity index (χ0v) is 17.9. The van der Waals surface area contributed by atoms with Crippen LogP contribution in [0, 0.1) is 19.3 Å². The van der Waals surface area contributed by atoms with Crippen molar-refractivity contribution in [1.82, 2.24) is 20.0 Å². The van der Waals surface area contributed by atoms with E-state index >= 15 is 0 Å². The van der Waals surface area contributed by atoms with Crippen molar-refractivity contribution in [3.8, 4) is 0 Å². The number of methoxy groups -OCH3 is 1. The molecule has 3 rings (SSSR count). The quantitative estimate of drug-likeness (QED) is 0.643. The van der Waals surface area contributed by atoms with Crippen molar-refractivity contribution >= 4 is 17.0 Å². The predicted molar refractivity (Wildman–Crippen MR) is 110 cm³/mol. The number of aliphatic hydroxyl groups excluding tert-OH is 1. The van der Waals surface area contributed by atoms with Crippen LogP contribution < -0.4 is 0 Å². The van der Waals surface area contributed by atoms with Crippen LogP contribution in [0.2, 0.25) is 0 Å². The standard InChI is InChI=1S/C22H28N4O3/c1-7-26-18-9-8-16(14(3)20(18)24-25-26)19(22(4,5)21(28)29-6)17-10-15(12-27)13(2)11-23-17/h8-11,19,27H,7,12H2,1-6H3. The summed E-state index contributed by atoms with van der Waals surface area (Å²) >= 11 is 0. The topological polar surface area (TPSA) is 90.1 Å². The zero-order chi connectivity index (χ0) is 21.3. The number of aromatic nitrogens is 4. The molecule has 1 N–H and O–H groups in total. The van der Waals surface area contributed by atoms with Gasteiger partial charge in [-0.3, -0.25) is 9.78 Å². The molecule has 1 aromatic carbocycles. The van der Waals surface area contributed by atoms with E-state index in [9.17, 15) is 9.90 Å². The Labute approximate surface area is 170 Å². The van der Waals surface area contributed by atoms with Crippen LogP contribution in [0.1, 0.15) is 54.6 Å². The maximum Gasteiger partial charge on any atom is 0.312 e. The third-order valence-electron chi connectivity index (χ3n) is 5.73. The average Bonchev–Trinajstić information content (AvgIpc) is 3.14. The van der Waals surface area contributed by atoms with Gasteiger partial charge in [-0.25, -0.2) is 4.68 Å². The Kier molecular flexibility index (Phi) is 5.71. The van der Waals surface area contributed by atoms with Gasteiger partial charge in [-0.2, -0.15) is 0 Å². The van der Waals surface area contributed by atoms with Crippen molar-refractivity contribution in [2.75, 3.05) is 7.11 Å². The lowest BCUT2D eigenvalue weighted by atomic mass is 9.71. The fraction of sp³-hybridized carbons (Fsp3) is 0.455. The molecule has 0 radical (unpaired) electrons. The van der Waals surface area contributed by atoms with Crippen LogP contribution in [-0.2, 0) is 22.7 Å². The van der Waals surface area contributed by atoms with Gasteiger partial charge in [0.15, 0.2) is 0 Å². The molecule has 2 aromatic heterocycles. The number of aliphatic hydroxyl groups is 1. The molecule has 7 heteroatoms. The van der Waals surface area contributed by atoms with Gasteiger partial charge in [-0.15, -0.1) is 5.10 Å². The van der Waals surface area contributed by atoms with Gasteiger partial charge in [0.25, 0.3) is 0 Å². The molecule has 0 saturated carbocycles. The van der Waals surface area contributed by atoms with E-state index < -0.39 is 5.41 Å². The number of ether oxygens (including phenoxy) is 1. The predicted octanol–water partition coefficient (Wildman–Crippen LogP) is 3.29. The fourth-order valence-electron chi connectivity index (χ4n) is 3.94. The van der Waals surface area contributed by atoms with Gasteiger partial charge in [0.1, 0.15) is 5.52 Å². The van der Waals surface area contributed by atoms with Crippen LogP contribution in [-0.4, -0.2) is 38.2 Å². The molecule has 1 atom stereocenters. The summed E-state index contributed by atoms with van der Waals surface area (Å²) in [6, 6.07) is 5.88. The maximum absolute atomic E-state index is 12.7. The van der Waals surface area contributed by atoms with E-state index in [1.165, 1.54) is 7.11 Å². The largest absolute Gasteiger partial charge is 0.469 e. The zero-order valence-electron chi connectivity index (χ0n) is 17.9. The van der Waals surface area contributed by atoms with Crippen LogP contribution in [0.4, 0.5) is 0 Å². The van der Waals surface area contributed by atoms with E-state index in [2.05, 4.69) is 15.3 Å². The first kappa shape index (κ1) is 20.9. The van der Waals surface area contributed by atoms with E-state index in [1.54, 1.807) is 6.20 Å². The number of nitrogens with zero attached hydrogens (tertiary/aromatic N) is 4. The van der Waals surface area contributed by atoms with Gasteiger partial charge in [0.2, 0.25) is 0 Å². The van der Waals surface area contributed by atoms with E-state index in [1.807, 2.05) is 57.5 Å². The molecule has 29 heavy (non-hydrogen) atoms. The number of carbonyl (C=O) groups excluding carboxylic acids is 1. The fourth-order valence-corrected chi connectivity index (χ4v) is 3.94. The summed E-state index contributed by atoms with van der Waals surface area (Å²) in [6.07, 6.45) is 1.74. The van der Waals surface area contributed by atoms with Crippen molar-refractivity contribution in [2.45, 2.75) is 53.7 Å². The Morgan fingerprint density at radius 2 is 2.03 bits per heavy atom. The van der Waals surface area contributed by atoms with Crippen molar-refractivity contribution in [2.24, 2.45) is 5.41 Å². The summed E-state index contributed by atoms with van der Waals surface area (Å²) in [5.41, 5.74) is 5.18. The Morgan fingerprint density at radius 3 is 2.66 bits per heavy atom. The van der Waals surface area contributed by atoms with Crippen LogP contribution in [0.15, 0.2) is 24.4 Å². The highest BCUT2D eigenvalue weighted by Crippen LogP contribution is 2.43. The highest BCUT2D eigenvalue weighted by Gasteiger charge is 2.42. The first-order chi connectivity index (χ1) is 13.8. The molecule has 1 unspecified atom stereocenters. The third kappa shape index (κ3) is 3.51. The molecule has 0 bridgehead atoms. The third-order valence-corrected chi connectivity index (χ3v) is 5.73. The van der Waals surface area contributed by atoms with Crippen molar-refractivity contribution < 1.29 is 14.6 Å². The van der Waals surface area contributed by atoms with E-state index in [-0.39, 0.29) is 18.5 Å². The number of pyridine rings is 1. The van der Waals surface area contributed by atoms with E-state index in [0.29, 0.717) is 5.69 Å². The van der Waals surface area contributed by atoms with Crippen LogP contribution in [0.5, 0.6) is 0 Å². The van der Waals surface area contributed by atoms with Gasteiger partial charge in [-0.05, 0) is 69.0 Å². The summed E-state index contributed by atoms with van der Waals surface area (Å²) in [6.45, 7) is 10.3. The Balaban J connectivity index is 2.28. The Bertz CT molecular complexity index is 1060. The lowest BCUT2D eigenvalue weighted by molar-refractivity contribution is -0.151. The van der Waals surface area contributed by atoms with Gasteiger partial charge in [0.05, 0.1) is 24.6 Å². The van der Waals surface area contributed by atoms with Crippen molar-refractivity contribution in [3.63, 3.8) is 0 Å². The van der Waals surface area contributed by atoms with E-state index in [4.69, 9.17) is 4.74 Å². The van der Waals surface area contributed by atoms with Crippen molar-refractivity contribution in [3.05, 3.63) is 52.3 Å². The number of benzene rings is 1. The van der Waals surface area contributed by atoms with Crippen LogP contribution in [0.25, 0.3) is 11.0 Å². The number of aryl methyl sites for hydroxylation is 3. The maximum atomic E-state index is 12.7. The molecule has 0 aliphatic heterocycles. The first-order valence-corrected chi connectivity index (χ1v) is 9.73. The summed E-state index contributed by atoms with van der Waals surface area (Å²) in [5.74, 6) is -0.704. The molecule has 0 amide bonds. The molecule has 7 nitrogen and oxygen atoms in total. The van der Waals surface area contributed by atoms with E-state index in [0.717, 1.165) is 39.8 Å². The number of carbonyl (C=O) groups is 1. The number of hydrogen-bond acceptors (Lipinski definition) is 6. The second kappa shape index (κ2) is 7.91. The first-order valence-electron chi connectivity index (χ1n) is 9.73. The summed E-state index contributed by atoms with van der Waals surface area (Å²) in [5, 5.41) is 18.3. The minimum atomic E-state index is -0.886. The second-order valence-corrected chi connectivity index (χ2v) is 7.89. The van der Waals surface area contributed by atoms with Gasteiger partial charge in [-0.1, -0.05) is 11.3 Å². The number of esters is 1. The Hall–Kier alpha value is -2.80. The SMILES string of the molecule is CCn1nnc2c(C)c(C(c3cc(CO)c(C)cn3)C(C)(C)C(=O)OC)ccc21. The summed E-state index contributed by atoms with van der Waals surface area (Å²) in [7, 11) is 1.39. The highest BCUT2D eigenvalue weighted by atomic mass is 16.5. The van der Waals surface area contributed by atoms with Crippen molar-refractivity contribution in [1.29, 1.82) is 0 Å². The molecule has 2 heterocycles. The molecular weight excluding hydrogens is 368 g/mol. The molecular formula is C22H28N4O3. The average molecular weight is 396 g/mol. The molecule has 0 aliphatic carbocycles. The molecule has 0 fully saturated rings. The van der Waals surface area contributed by atoms with Crippen LogP contribution >= 0.6 is 0 Å². The molecule has 154 valence electrons. The summed E-state index contributed by atoms with van der Waals surface area (Å²) < 4.78 is 6.97. The minimum absolute atomic E-state index is 0.0877. The lowest BCUT2D eigenvalue weighted by Crippen LogP contribution is -2.34. The molecule has 0 saturated heterocycles. The minimum Gasteiger partial charge on any atom is -0.469 e. The number of hydrogen-bond donors (Lipinski definition) is 1. The molecule has 0 spiro atoms. The molecule has 3 aromatic rings. The normalized spacial score (nSPS) is 12.9. The monoisotopic (exact) mass is 396 g/mol. The second-order valence-electron chi connectivity index (χ2n) is 7.89. The van der Waals surface area contributed by atoms with Gasteiger partial charge in [0, 0.05) is 24.4 Å². The van der Waals surface area contributed by atoms with Gasteiger partial charge >= 0.3 is 5.97 Å².